The van der Waals surface area contributed by atoms with Gasteiger partial charge in [-0.3, -0.25) is 0 Å². The van der Waals surface area contributed by atoms with Crippen LogP contribution < -0.4 is 9.47 Å². The van der Waals surface area contributed by atoms with E-state index in [9.17, 15) is 0 Å². The van der Waals surface area contributed by atoms with Crippen molar-refractivity contribution in [3.05, 3.63) is 66.2 Å². The highest BCUT2D eigenvalue weighted by atomic mass is 16.5. The van der Waals surface area contributed by atoms with E-state index in [1.807, 2.05) is 48.5 Å². The minimum atomic E-state index is 0.794. The second-order valence-corrected chi connectivity index (χ2v) is 3.91. The summed E-state index contributed by atoms with van der Waals surface area (Å²) in [5, 5.41) is 0. The summed E-state index contributed by atoms with van der Waals surface area (Å²) in [5.41, 5.74) is 2.94. The first-order valence-electron chi connectivity index (χ1n) is 5.73. The van der Waals surface area contributed by atoms with Gasteiger partial charge in [0.2, 0.25) is 0 Å². The van der Waals surface area contributed by atoms with E-state index in [2.05, 4.69) is 6.58 Å². The van der Waals surface area contributed by atoms with Crippen LogP contribution in [0.5, 0.6) is 11.5 Å². The van der Waals surface area contributed by atoms with Crippen molar-refractivity contribution < 1.29 is 9.47 Å². The number of methoxy groups -OCH3 is 2. The number of hydrogen-bond donors (Lipinski definition) is 0. The zero-order chi connectivity index (χ0) is 13.0. The molecule has 2 aromatic rings. The summed E-state index contributed by atoms with van der Waals surface area (Å²) in [7, 11) is 3.31. The molecular formula is C16H16O2. The highest BCUT2D eigenvalue weighted by Crippen LogP contribution is 2.32. The Kier molecular flexibility index (Phi) is 3.68. The molecule has 0 saturated carbocycles. The minimum Gasteiger partial charge on any atom is -0.497 e. The third-order valence-electron chi connectivity index (χ3n) is 2.85. The normalized spacial score (nSPS) is 9.89. The number of rotatable bonds is 4. The average molecular weight is 240 g/mol. The van der Waals surface area contributed by atoms with Gasteiger partial charge in [0.05, 0.1) is 14.2 Å². The fraction of sp³-hybridized carbons (Fsp3) is 0.125. The summed E-state index contributed by atoms with van der Waals surface area (Å²) in [5.74, 6) is 1.59. The van der Waals surface area contributed by atoms with E-state index in [1.54, 1.807) is 14.2 Å². The van der Waals surface area contributed by atoms with E-state index < -0.39 is 0 Å². The molecule has 0 aliphatic rings. The Morgan fingerprint density at radius 1 is 0.944 bits per heavy atom. The van der Waals surface area contributed by atoms with Gasteiger partial charge in [-0.25, -0.2) is 0 Å². The third kappa shape index (κ3) is 2.38. The van der Waals surface area contributed by atoms with E-state index in [0.717, 1.165) is 28.2 Å². The molecule has 0 atom stereocenters. The molecule has 2 heteroatoms. The van der Waals surface area contributed by atoms with Crippen LogP contribution in [-0.4, -0.2) is 14.2 Å². The van der Waals surface area contributed by atoms with Gasteiger partial charge in [-0.15, -0.1) is 0 Å². The maximum Gasteiger partial charge on any atom is 0.126 e. The lowest BCUT2D eigenvalue weighted by Gasteiger charge is -2.12. The molecule has 92 valence electrons. The van der Waals surface area contributed by atoms with Crippen molar-refractivity contribution in [2.75, 3.05) is 14.2 Å². The van der Waals surface area contributed by atoms with E-state index >= 15 is 0 Å². The summed E-state index contributed by atoms with van der Waals surface area (Å²) in [6.45, 7) is 4.14. The van der Waals surface area contributed by atoms with Crippen LogP contribution in [0.25, 0.3) is 5.57 Å². The summed E-state index contributed by atoms with van der Waals surface area (Å²) in [6, 6.07) is 15.7. The zero-order valence-corrected chi connectivity index (χ0v) is 10.6. The molecule has 0 spiro atoms. The topological polar surface area (TPSA) is 18.5 Å². The molecule has 0 aliphatic carbocycles. The lowest BCUT2D eigenvalue weighted by atomic mass is 9.98. The molecule has 2 rings (SSSR count). The molecule has 0 bridgehead atoms. The molecular weight excluding hydrogens is 224 g/mol. The Morgan fingerprint density at radius 2 is 1.67 bits per heavy atom. The molecule has 0 fully saturated rings. The molecule has 2 nitrogen and oxygen atoms in total. The lowest BCUT2D eigenvalue weighted by molar-refractivity contribution is 0.402. The van der Waals surface area contributed by atoms with E-state index in [4.69, 9.17) is 9.47 Å². The van der Waals surface area contributed by atoms with Gasteiger partial charge >= 0.3 is 0 Å². The first-order valence-corrected chi connectivity index (χ1v) is 5.73. The standard InChI is InChI=1S/C16H16O2/c1-12(13-7-5-4-6-8-13)15-11-14(17-2)9-10-16(15)18-3/h4-11H,1H2,2-3H3. The van der Waals surface area contributed by atoms with Crippen LogP contribution in [0.4, 0.5) is 0 Å². The first-order chi connectivity index (χ1) is 8.76. The van der Waals surface area contributed by atoms with Crippen LogP contribution >= 0.6 is 0 Å². The fourth-order valence-electron chi connectivity index (χ4n) is 1.84. The number of hydrogen-bond acceptors (Lipinski definition) is 2. The van der Waals surface area contributed by atoms with Gasteiger partial charge in [-0.05, 0) is 29.3 Å². The van der Waals surface area contributed by atoms with Gasteiger partial charge in [-0.1, -0.05) is 36.9 Å². The maximum absolute atomic E-state index is 5.37. The van der Waals surface area contributed by atoms with Crippen molar-refractivity contribution in [3.8, 4) is 11.5 Å². The molecule has 0 radical (unpaired) electrons. The summed E-state index contributed by atoms with van der Waals surface area (Å²) >= 11 is 0. The first kappa shape index (κ1) is 12.2. The van der Waals surface area contributed by atoms with Crippen molar-refractivity contribution in [1.82, 2.24) is 0 Å². The third-order valence-corrected chi connectivity index (χ3v) is 2.85. The van der Waals surface area contributed by atoms with Crippen LogP contribution in [0.3, 0.4) is 0 Å². The Bertz CT molecular complexity index is 544. The molecule has 2 aromatic carbocycles. The second kappa shape index (κ2) is 5.41. The Labute approximate surface area is 107 Å². The fourth-order valence-corrected chi connectivity index (χ4v) is 1.84. The smallest absolute Gasteiger partial charge is 0.126 e. The molecule has 0 N–H and O–H groups in total. The van der Waals surface area contributed by atoms with Gasteiger partial charge in [0, 0.05) is 5.56 Å². The summed E-state index contributed by atoms with van der Waals surface area (Å²) < 4.78 is 10.6. The Morgan fingerprint density at radius 3 is 2.28 bits per heavy atom. The second-order valence-electron chi connectivity index (χ2n) is 3.91. The summed E-state index contributed by atoms with van der Waals surface area (Å²) in [4.78, 5) is 0. The summed E-state index contributed by atoms with van der Waals surface area (Å²) in [6.07, 6.45) is 0. The molecule has 0 amide bonds. The van der Waals surface area contributed by atoms with E-state index in [0.29, 0.717) is 0 Å². The molecule has 18 heavy (non-hydrogen) atoms. The van der Waals surface area contributed by atoms with Crippen molar-refractivity contribution in [3.63, 3.8) is 0 Å². The van der Waals surface area contributed by atoms with Crippen LogP contribution in [0, 0.1) is 0 Å². The average Bonchev–Trinajstić information content (AvgIpc) is 2.46. The molecule has 0 aromatic heterocycles. The highest BCUT2D eigenvalue weighted by Gasteiger charge is 2.09. The van der Waals surface area contributed by atoms with E-state index in [1.165, 1.54) is 0 Å². The predicted octanol–water partition coefficient (Wildman–Crippen LogP) is 3.77. The molecule has 0 aliphatic heterocycles. The minimum absolute atomic E-state index is 0.794. The largest absolute Gasteiger partial charge is 0.497 e. The monoisotopic (exact) mass is 240 g/mol. The zero-order valence-electron chi connectivity index (χ0n) is 10.6. The highest BCUT2D eigenvalue weighted by molar-refractivity contribution is 5.81. The Balaban J connectivity index is 2.46. The van der Waals surface area contributed by atoms with Gasteiger partial charge in [-0.2, -0.15) is 0 Å². The maximum atomic E-state index is 5.37. The SMILES string of the molecule is C=C(c1ccccc1)c1cc(OC)ccc1OC. The molecule has 0 heterocycles. The molecule has 0 unspecified atom stereocenters. The van der Waals surface area contributed by atoms with Crippen LogP contribution in [0.15, 0.2) is 55.1 Å². The van der Waals surface area contributed by atoms with E-state index in [-0.39, 0.29) is 0 Å². The van der Waals surface area contributed by atoms with Crippen molar-refractivity contribution >= 4 is 5.57 Å². The van der Waals surface area contributed by atoms with Crippen LogP contribution in [0.2, 0.25) is 0 Å². The molecule has 0 saturated heterocycles. The van der Waals surface area contributed by atoms with Gasteiger partial charge in [0.25, 0.3) is 0 Å². The van der Waals surface area contributed by atoms with Gasteiger partial charge in [0.15, 0.2) is 0 Å². The number of ether oxygens (including phenoxy) is 2. The predicted molar refractivity (Wildman–Crippen MR) is 74.1 cm³/mol. The van der Waals surface area contributed by atoms with Gasteiger partial charge in [0.1, 0.15) is 11.5 Å². The van der Waals surface area contributed by atoms with Crippen molar-refractivity contribution in [1.29, 1.82) is 0 Å². The lowest BCUT2D eigenvalue weighted by Crippen LogP contribution is -1.94. The number of benzene rings is 2. The van der Waals surface area contributed by atoms with Gasteiger partial charge < -0.3 is 9.47 Å². The Hall–Kier alpha value is -2.22. The van der Waals surface area contributed by atoms with Crippen molar-refractivity contribution in [2.45, 2.75) is 0 Å². The quantitative estimate of drug-likeness (QED) is 0.810. The van der Waals surface area contributed by atoms with Crippen molar-refractivity contribution in [2.24, 2.45) is 0 Å². The van der Waals surface area contributed by atoms with Crippen LogP contribution in [0.1, 0.15) is 11.1 Å². The van der Waals surface area contributed by atoms with Crippen LogP contribution in [-0.2, 0) is 0 Å².